The van der Waals surface area contributed by atoms with Crippen LogP contribution in [0.3, 0.4) is 0 Å². The fraction of sp³-hybridized carbons (Fsp3) is 0.333. The van der Waals surface area contributed by atoms with Crippen LogP contribution < -0.4 is 5.32 Å². The lowest BCUT2D eigenvalue weighted by Gasteiger charge is -2.06. The van der Waals surface area contributed by atoms with E-state index in [0.717, 1.165) is 5.56 Å². The van der Waals surface area contributed by atoms with Crippen molar-refractivity contribution in [3.8, 4) is 0 Å². The summed E-state index contributed by atoms with van der Waals surface area (Å²) < 4.78 is 23.8. The molecule has 1 heterocycles. The lowest BCUT2D eigenvalue weighted by molar-refractivity contribution is -0.113. The Morgan fingerprint density at radius 1 is 1.37 bits per heavy atom. The van der Waals surface area contributed by atoms with Gasteiger partial charge in [0.1, 0.15) is 5.75 Å². The zero-order chi connectivity index (χ0) is 13.9. The third-order valence-corrected chi connectivity index (χ3v) is 5.66. The van der Waals surface area contributed by atoms with Crippen molar-refractivity contribution in [3.63, 3.8) is 0 Å². The predicted molar refractivity (Wildman–Crippen MR) is 78.4 cm³/mol. The largest absolute Gasteiger partial charge is 0.325 e. The normalized spacial score (nSPS) is 15.1. The first-order valence-corrected chi connectivity index (χ1v) is 8.38. The summed E-state index contributed by atoms with van der Waals surface area (Å²) in [5, 5.41) is 2.57. The molecule has 1 aromatic rings. The summed E-state index contributed by atoms with van der Waals surface area (Å²) >= 11 is 1.18. The molecule has 0 spiro atoms. The molecule has 1 N–H and O–H groups in total. The van der Waals surface area contributed by atoms with Gasteiger partial charge in [0.05, 0.1) is 6.54 Å². The Balaban J connectivity index is 1.99. The van der Waals surface area contributed by atoms with Crippen molar-refractivity contribution in [2.24, 2.45) is 4.99 Å². The number of sulfone groups is 1. The molecule has 0 saturated carbocycles. The Labute approximate surface area is 116 Å². The van der Waals surface area contributed by atoms with Gasteiger partial charge in [-0.3, -0.25) is 9.79 Å². The number of carbonyl (C=O) groups is 1. The quantitative estimate of drug-likeness (QED) is 0.916. The number of aryl methyl sites for hydroxylation is 1. The van der Waals surface area contributed by atoms with Crippen LogP contribution >= 0.6 is 11.8 Å². The summed E-state index contributed by atoms with van der Waals surface area (Å²) in [5.74, 6) is -0.444. The Morgan fingerprint density at radius 3 is 2.63 bits per heavy atom. The number of rotatable bonds is 3. The third-order valence-electron chi connectivity index (χ3n) is 2.48. The molecule has 1 amide bonds. The van der Waals surface area contributed by atoms with Gasteiger partial charge in [-0.1, -0.05) is 29.5 Å². The molecule has 5 nitrogen and oxygen atoms in total. The van der Waals surface area contributed by atoms with Gasteiger partial charge in [-0.2, -0.15) is 0 Å². The number of thioether (sulfide) groups is 1. The van der Waals surface area contributed by atoms with Gasteiger partial charge in [0.15, 0.2) is 4.38 Å². The van der Waals surface area contributed by atoms with Crippen LogP contribution in [0, 0.1) is 6.92 Å². The van der Waals surface area contributed by atoms with Crippen LogP contribution in [0.15, 0.2) is 29.3 Å². The summed E-state index contributed by atoms with van der Waals surface area (Å²) in [7, 11) is -3.59. The number of benzene rings is 1. The van der Waals surface area contributed by atoms with Crippen molar-refractivity contribution in [1.82, 2.24) is 0 Å². The smallest absolute Gasteiger partial charge is 0.240 e. The van der Waals surface area contributed by atoms with E-state index in [2.05, 4.69) is 10.3 Å². The molecule has 0 saturated heterocycles. The minimum atomic E-state index is -3.59. The zero-order valence-electron chi connectivity index (χ0n) is 10.4. The number of nitrogens with zero attached hydrogens (tertiary/aromatic N) is 1. The first-order chi connectivity index (χ1) is 8.97. The van der Waals surface area contributed by atoms with Crippen LogP contribution in [0.25, 0.3) is 0 Å². The summed E-state index contributed by atoms with van der Waals surface area (Å²) in [4.78, 5) is 15.6. The van der Waals surface area contributed by atoms with Gasteiger partial charge in [0.25, 0.3) is 0 Å². The highest BCUT2D eigenvalue weighted by Gasteiger charge is 2.26. The number of hydrogen-bond donors (Lipinski definition) is 1. The third kappa shape index (κ3) is 3.81. The predicted octanol–water partition coefficient (Wildman–Crippen LogP) is 1.45. The van der Waals surface area contributed by atoms with Crippen LogP contribution in [0.2, 0.25) is 0 Å². The highest BCUT2D eigenvalue weighted by atomic mass is 32.3. The van der Waals surface area contributed by atoms with Crippen molar-refractivity contribution in [1.29, 1.82) is 0 Å². The maximum Gasteiger partial charge on any atom is 0.240 e. The Kier molecular flexibility index (Phi) is 4.26. The highest BCUT2D eigenvalue weighted by Crippen LogP contribution is 2.17. The molecular formula is C12H14N2O3S2. The fourth-order valence-electron chi connectivity index (χ4n) is 1.57. The average molecular weight is 298 g/mol. The molecule has 1 aromatic carbocycles. The maximum absolute atomic E-state index is 11.9. The number of hydrogen-bond acceptors (Lipinski definition) is 5. The van der Waals surface area contributed by atoms with Gasteiger partial charge in [0, 0.05) is 11.4 Å². The van der Waals surface area contributed by atoms with Crippen molar-refractivity contribution in [2.75, 3.05) is 23.4 Å². The molecule has 2 rings (SSSR count). The molecular weight excluding hydrogens is 284 g/mol. The first kappa shape index (κ1) is 14.1. The van der Waals surface area contributed by atoms with Gasteiger partial charge < -0.3 is 5.32 Å². The molecule has 0 bridgehead atoms. The van der Waals surface area contributed by atoms with Gasteiger partial charge in [0.2, 0.25) is 15.7 Å². The Bertz CT molecular complexity index is 606. The Morgan fingerprint density at radius 2 is 2.05 bits per heavy atom. The second-order valence-corrected chi connectivity index (χ2v) is 7.42. The molecule has 0 atom stereocenters. The van der Waals surface area contributed by atoms with Gasteiger partial charge in [-0.15, -0.1) is 0 Å². The van der Waals surface area contributed by atoms with Gasteiger partial charge in [-0.05, 0) is 19.1 Å². The topological polar surface area (TPSA) is 75.6 Å². The number of amides is 1. The van der Waals surface area contributed by atoms with E-state index in [-0.39, 0.29) is 4.38 Å². The molecule has 19 heavy (non-hydrogen) atoms. The molecule has 0 aromatic heterocycles. The van der Waals surface area contributed by atoms with Crippen LogP contribution in [0.1, 0.15) is 5.56 Å². The molecule has 1 aliphatic rings. The first-order valence-electron chi connectivity index (χ1n) is 5.74. The van der Waals surface area contributed by atoms with E-state index in [1.807, 2.05) is 19.1 Å². The van der Waals surface area contributed by atoms with Crippen molar-refractivity contribution in [3.05, 3.63) is 29.8 Å². The lowest BCUT2D eigenvalue weighted by atomic mass is 10.2. The van der Waals surface area contributed by atoms with Crippen LogP contribution in [-0.2, 0) is 14.6 Å². The van der Waals surface area contributed by atoms with E-state index in [4.69, 9.17) is 0 Å². The van der Waals surface area contributed by atoms with E-state index >= 15 is 0 Å². The summed E-state index contributed by atoms with van der Waals surface area (Å²) in [6, 6.07) is 7.17. The number of nitrogens with one attached hydrogen (secondary N) is 1. The van der Waals surface area contributed by atoms with E-state index < -0.39 is 21.5 Å². The molecule has 7 heteroatoms. The van der Waals surface area contributed by atoms with E-state index in [0.29, 0.717) is 18.0 Å². The minimum absolute atomic E-state index is 0.0755. The molecule has 0 radical (unpaired) electrons. The van der Waals surface area contributed by atoms with Gasteiger partial charge >= 0.3 is 0 Å². The van der Waals surface area contributed by atoms with Crippen LogP contribution in [0.4, 0.5) is 5.69 Å². The van der Waals surface area contributed by atoms with Crippen molar-refractivity contribution >= 4 is 37.6 Å². The monoisotopic (exact) mass is 298 g/mol. The second-order valence-electron chi connectivity index (χ2n) is 4.17. The number of aliphatic imine (C=N–C) groups is 1. The maximum atomic E-state index is 11.9. The molecule has 0 aliphatic carbocycles. The Hall–Kier alpha value is -1.34. The highest BCUT2D eigenvalue weighted by molar-refractivity contribution is 8.35. The van der Waals surface area contributed by atoms with Crippen LogP contribution in [-0.4, -0.2) is 36.8 Å². The average Bonchev–Trinajstić information content (AvgIpc) is 2.85. The number of anilines is 1. The molecule has 1 aliphatic heterocycles. The zero-order valence-corrected chi connectivity index (χ0v) is 12.1. The number of carbonyl (C=O) groups excluding carboxylic acids is 1. The fourth-order valence-corrected chi connectivity index (χ4v) is 4.09. The lowest BCUT2D eigenvalue weighted by Crippen LogP contribution is -2.26. The molecule has 0 unspecified atom stereocenters. The van der Waals surface area contributed by atoms with E-state index in [1.165, 1.54) is 11.8 Å². The van der Waals surface area contributed by atoms with Crippen LogP contribution in [0.5, 0.6) is 0 Å². The van der Waals surface area contributed by atoms with Crippen molar-refractivity contribution in [2.45, 2.75) is 6.92 Å². The second kappa shape index (κ2) is 5.75. The van der Waals surface area contributed by atoms with Crippen molar-refractivity contribution < 1.29 is 13.2 Å². The van der Waals surface area contributed by atoms with Gasteiger partial charge in [-0.25, -0.2) is 8.42 Å². The SMILES string of the molecule is Cc1ccc(NC(=O)CS(=O)(=O)C2=NCCS2)cc1. The minimum Gasteiger partial charge on any atom is -0.325 e. The van der Waals surface area contributed by atoms with E-state index in [1.54, 1.807) is 12.1 Å². The van der Waals surface area contributed by atoms with E-state index in [9.17, 15) is 13.2 Å². The summed E-state index contributed by atoms with van der Waals surface area (Å²) in [6.45, 7) is 2.43. The standard InChI is InChI=1S/C12H14N2O3S2/c1-9-2-4-10(5-3-9)14-11(15)8-19(16,17)12-13-6-7-18-12/h2-5H,6-8H2,1H3,(H,14,15). The summed E-state index contributed by atoms with van der Waals surface area (Å²) in [5.41, 5.74) is 1.66. The molecule has 102 valence electrons. The molecule has 0 fully saturated rings. The summed E-state index contributed by atoms with van der Waals surface area (Å²) in [6.07, 6.45) is 0.